The van der Waals surface area contributed by atoms with Gasteiger partial charge in [0.15, 0.2) is 0 Å². The molecule has 1 atom stereocenters. The number of nitrogens with zero attached hydrogens (tertiary/aromatic N) is 3. The normalized spacial score (nSPS) is 19.9. The maximum absolute atomic E-state index is 13.7. The topological polar surface area (TPSA) is 55.9 Å². The van der Waals surface area contributed by atoms with Crippen LogP contribution in [-0.4, -0.2) is 66.9 Å². The van der Waals surface area contributed by atoms with Crippen LogP contribution in [0.5, 0.6) is 0 Å². The molecule has 1 N–H and O–H groups in total. The van der Waals surface area contributed by atoms with Crippen molar-refractivity contribution in [2.75, 3.05) is 40.3 Å². The summed E-state index contributed by atoms with van der Waals surface area (Å²) in [5.74, 6) is -0.521. The van der Waals surface area contributed by atoms with E-state index in [4.69, 9.17) is 0 Å². The van der Waals surface area contributed by atoms with Gasteiger partial charge in [-0.2, -0.15) is 0 Å². The van der Waals surface area contributed by atoms with Gasteiger partial charge in [-0.1, -0.05) is 18.2 Å². The molecule has 0 saturated heterocycles. The van der Waals surface area contributed by atoms with E-state index >= 15 is 0 Å². The Morgan fingerprint density at radius 3 is 2.81 bits per heavy atom. The zero-order valence-corrected chi connectivity index (χ0v) is 15.0. The maximum atomic E-state index is 13.7. The molecule has 3 rings (SSSR count). The third-order valence-electron chi connectivity index (χ3n) is 4.61. The number of carbonyl (C=O) groups is 2. The molecule has 0 aromatic heterocycles. The molecule has 2 heterocycles. The summed E-state index contributed by atoms with van der Waals surface area (Å²) in [6.45, 7) is 5.66. The van der Waals surface area contributed by atoms with Crippen molar-refractivity contribution in [3.63, 3.8) is 0 Å². The SMILES string of the molecule is C=CCN1C(=O)N[C@@H](c2cccc(F)c2)C2=C1CN(CCN(C)C)C2=O. The van der Waals surface area contributed by atoms with Gasteiger partial charge >= 0.3 is 6.03 Å². The van der Waals surface area contributed by atoms with Gasteiger partial charge in [-0.3, -0.25) is 9.69 Å². The first-order valence-electron chi connectivity index (χ1n) is 8.53. The van der Waals surface area contributed by atoms with E-state index < -0.39 is 11.9 Å². The van der Waals surface area contributed by atoms with Gasteiger partial charge in [0.1, 0.15) is 5.82 Å². The van der Waals surface area contributed by atoms with E-state index in [-0.39, 0.29) is 11.9 Å². The molecule has 0 radical (unpaired) electrons. The quantitative estimate of drug-likeness (QED) is 0.788. The van der Waals surface area contributed by atoms with Gasteiger partial charge in [-0.25, -0.2) is 9.18 Å². The Morgan fingerprint density at radius 2 is 2.15 bits per heavy atom. The Labute approximate surface area is 152 Å². The zero-order valence-electron chi connectivity index (χ0n) is 15.0. The number of amides is 3. The van der Waals surface area contributed by atoms with Gasteiger partial charge in [-0.05, 0) is 31.8 Å². The number of likely N-dealkylation sites (N-methyl/N-ethyl adjacent to an activating group) is 1. The first-order chi connectivity index (χ1) is 12.4. The molecule has 0 spiro atoms. The molecule has 1 aromatic rings. The summed E-state index contributed by atoms with van der Waals surface area (Å²) in [6, 6.07) is 5.04. The molecule has 26 heavy (non-hydrogen) atoms. The van der Waals surface area contributed by atoms with E-state index in [0.717, 1.165) is 6.54 Å². The second kappa shape index (κ2) is 7.29. The molecule has 2 aliphatic rings. The molecule has 0 aliphatic carbocycles. The average Bonchev–Trinajstić information content (AvgIpc) is 2.92. The van der Waals surface area contributed by atoms with Crippen LogP contribution in [0.3, 0.4) is 0 Å². The molecule has 2 aliphatic heterocycles. The molecule has 0 bridgehead atoms. The molecule has 6 nitrogen and oxygen atoms in total. The lowest BCUT2D eigenvalue weighted by atomic mass is 9.95. The highest BCUT2D eigenvalue weighted by atomic mass is 19.1. The van der Waals surface area contributed by atoms with Crippen LogP contribution in [0.4, 0.5) is 9.18 Å². The van der Waals surface area contributed by atoms with E-state index in [1.54, 1.807) is 23.1 Å². The minimum atomic E-state index is -0.647. The summed E-state index contributed by atoms with van der Waals surface area (Å²) in [5.41, 5.74) is 1.74. The third-order valence-corrected chi connectivity index (χ3v) is 4.61. The summed E-state index contributed by atoms with van der Waals surface area (Å²) in [6.07, 6.45) is 1.62. The van der Waals surface area contributed by atoms with Crippen LogP contribution in [0.15, 0.2) is 48.2 Å². The average molecular weight is 358 g/mol. The van der Waals surface area contributed by atoms with Crippen molar-refractivity contribution in [1.29, 1.82) is 0 Å². The molecule has 0 saturated carbocycles. The predicted molar refractivity (Wildman–Crippen MR) is 96.7 cm³/mol. The number of halogens is 1. The largest absolute Gasteiger partial charge is 0.332 e. The van der Waals surface area contributed by atoms with E-state index in [0.29, 0.717) is 36.5 Å². The second-order valence-corrected chi connectivity index (χ2v) is 6.73. The number of hydrogen-bond donors (Lipinski definition) is 1. The number of hydrogen-bond acceptors (Lipinski definition) is 3. The molecule has 0 fully saturated rings. The van der Waals surface area contributed by atoms with E-state index in [2.05, 4.69) is 11.9 Å². The van der Waals surface area contributed by atoms with Gasteiger partial charge in [-0.15, -0.1) is 6.58 Å². The number of benzene rings is 1. The zero-order chi connectivity index (χ0) is 18.8. The summed E-state index contributed by atoms with van der Waals surface area (Å²) in [5, 5.41) is 2.84. The Balaban J connectivity index is 1.98. The fourth-order valence-electron chi connectivity index (χ4n) is 3.31. The molecule has 7 heteroatoms. The van der Waals surface area contributed by atoms with Crippen molar-refractivity contribution in [3.05, 3.63) is 59.6 Å². The van der Waals surface area contributed by atoms with Crippen LogP contribution in [0, 0.1) is 5.82 Å². The van der Waals surface area contributed by atoms with E-state index in [9.17, 15) is 14.0 Å². The first-order valence-corrected chi connectivity index (χ1v) is 8.53. The molecular formula is C19H23FN4O2. The maximum Gasteiger partial charge on any atom is 0.322 e. The highest BCUT2D eigenvalue weighted by Gasteiger charge is 2.43. The highest BCUT2D eigenvalue weighted by molar-refractivity contribution is 6.01. The number of rotatable bonds is 6. The van der Waals surface area contributed by atoms with E-state index in [1.165, 1.54) is 17.0 Å². The van der Waals surface area contributed by atoms with Crippen LogP contribution in [0.2, 0.25) is 0 Å². The molecule has 3 amide bonds. The summed E-state index contributed by atoms with van der Waals surface area (Å²) < 4.78 is 13.7. The van der Waals surface area contributed by atoms with Gasteiger partial charge < -0.3 is 15.1 Å². The van der Waals surface area contributed by atoms with Crippen molar-refractivity contribution in [2.45, 2.75) is 6.04 Å². The Kier molecular flexibility index (Phi) is 5.08. The number of nitrogens with one attached hydrogen (secondary N) is 1. The lowest BCUT2D eigenvalue weighted by molar-refractivity contribution is -0.125. The third kappa shape index (κ3) is 3.35. The minimum absolute atomic E-state index is 0.120. The second-order valence-electron chi connectivity index (χ2n) is 6.73. The van der Waals surface area contributed by atoms with Gasteiger partial charge in [0, 0.05) is 19.6 Å². The van der Waals surface area contributed by atoms with Crippen LogP contribution in [0.1, 0.15) is 11.6 Å². The number of carbonyl (C=O) groups excluding carboxylic acids is 2. The van der Waals surface area contributed by atoms with Crippen molar-refractivity contribution < 1.29 is 14.0 Å². The molecule has 1 aromatic carbocycles. The van der Waals surface area contributed by atoms with Gasteiger partial charge in [0.05, 0.1) is 23.9 Å². The molecule has 138 valence electrons. The summed E-state index contributed by atoms with van der Waals surface area (Å²) >= 11 is 0. The Hall–Kier alpha value is -2.67. The smallest absolute Gasteiger partial charge is 0.322 e. The van der Waals surface area contributed by atoms with Crippen molar-refractivity contribution in [2.24, 2.45) is 0 Å². The Bertz CT molecular complexity index is 775. The minimum Gasteiger partial charge on any atom is -0.332 e. The van der Waals surface area contributed by atoms with Crippen LogP contribution in [-0.2, 0) is 4.79 Å². The lowest BCUT2D eigenvalue weighted by Gasteiger charge is -2.33. The standard InChI is InChI=1S/C19H23FN4O2/c1-4-8-24-15-12-23(10-9-22(2)3)18(25)16(15)17(21-19(24)26)13-6-5-7-14(20)11-13/h4-7,11,17H,1,8-10,12H2,2-3H3,(H,21,26)/t17-/m0/s1. The van der Waals surface area contributed by atoms with Crippen molar-refractivity contribution >= 4 is 11.9 Å². The Morgan fingerprint density at radius 1 is 1.38 bits per heavy atom. The predicted octanol–water partition coefficient (Wildman–Crippen LogP) is 1.74. The van der Waals surface area contributed by atoms with Crippen LogP contribution in [0.25, 0.3) is 0 Å². The number of urea groups is 1. The highest BCUT2D eigenvalue weighted by Crippen LogP contribution is 2.36. The van der Waals surface area contributed by atoms with Crippen LogP contribution < -0.4 is 5.32 Å². The van der Waals surface area contributed by atoms with Crippen LogP contribution >= 0.6 is 0 Å². The van der Waals surface area contributed by atoms with Gasteiger partial charge in [0.25, 0.3) is 5.91 Å². The van der Waals surface area contributed by atoms with Crippen molar-refractivity contribution in [1.82, 2.24) is 20.0 Å². The van der Waals surface area contributed by atoms with E-state index in [1.807, 2.05) is 19.0 Å². The van der Waals surface area contributed by atoms with Gasteiger partial charge in [0.2, 0.25) is 0 Å². The summed E-state index contributed by atoms with van der Waals surface area (Å²) in [7, 11) is 3.89. The summed E-state index contributed by atoms with van der Waals surface area (Å²) in [4.78, 5) is 30.9. The molecule has 0 unspecified atom stereocenters. The molecular weight excluding hydrogens is 335 g/mol. The monoisotopic (exact) mass is 358 g/mol. The lowest BCUT2D eigenvalue weighted by Crippen LogP contribution is -2.47. The fourth-order valence-corrected chi connectivity index (χ4v) is 3.31. The fraction of sp³-hybridized carbons (Fsp3) is 0.368. The first kappa shape index (κ1) is 18.1. The van der Waals surface area contributed by atoms with Crippen molar-refractivity contribution in [3.8, 4) is 0 Å².